The molecule has 0 spiro atoms. The Hall–Kier alpha value is -1.39. The topological polar surface area (TPSA) is 41.6 Å². The first kappa shape index (κ1) is 20.9. The maximum absolute atomic E-state index is 12.2. The summed E-state index contributed by atoms with van der Waals surface area (Å²) in [7, 11) is 0. The van der Waals surface area contributed by atoms with E-state index in [4.69, 9.17) is 4.74 Å². The van der Waals surface area contributed by atoms with E-state index in [-0.39, 0.29) is 17.4 Å². The van der Waals surface area contributed by atoms with E-state index in [9.17, 15) is 4.79 Å². The zero-order chi connectivity index (χ0) is 19.2. The number of carbonyl (C=O) groups is 1. The molecular weight excluding hydrogens is 324 g/mol. The number of hydrogen-bond acceptors (Lipinski definition) is 3. The second-order valence-electron chi connectivity index (χ2n) is 8.90. The number of nitrogens with one attached hydrogen (secondary N) is 1. The van der Waals surface area contributed by atoms with Crippen LogP contribution in [0.1, 0.15) is 52.2 Å². The molecule has 2 rings (SSSR count). The summed E-state index contributed by atoms with van der Waals surface area (Å²) in [6, 6.07) is 8.63. The molecule has 26 heavy (non-hydrogen) atoms. The summed E-state index contributed by atoms with van der Waals surface area (Å²) in [5.41, 5.74) is 2.70. The fourth-order valence-corrected chi connectivity index (χ4v) is 3.33. The van der Waals surface area contributed by atoms with Gasteiger partial charge in [-0.05, 0) is 28.9 Å². The van der Waals surface area contributed by atoms with Crippen LogP contribution in [0, 0.1) is 5.92 Å². The molecule has 1 atom stereocenters. The van der Waals surface area contributed by atoms with E-state index >= 15 is 0 Å². The molecule has 1 fully saturated rings. The van der Waals surface area contributed by atoms with Crippen molar-refractivity contribution in [2.24, 2.45) is 5.92 Å². The third kappa shape index (κ3) is 7.08. The molecule has 1 N–H and O–H groups in total. The summed E-state index contributed by atoms with van der Waals surface area (Å²) < 4.78 is 5.79. The van der Waals surface area contributed by atoms with Crippen LogP contribution in [0.2, 0.25) is 0 Å². The Morgan fingerprint density at radius 2 is 1.96 bits per heavy atom. The van der Waals surface area contributed by atoms with Gasteiger partial charge in [0.1, 0.15) is 0 Å². The molecule has 1 aromatic rings. The van der Waals surface area contributed by atoms with E-state index in [1.54, 1.807) is 0 Å². The molecule has 4 nitrogen and oxygen atoms in total. The van der Waals surface area contributed by atoms with Gasteiger partial charge in [-0.3, -0.25) is 9.69 Å². The number of aryl methyl sites for hydroxylation is 1. The average Bonchev–Trinajstić information content (AvgIpc) is 2.57. The van der Waals surface area contributed by atoms with Gasteiger partial charge in [0, 0.05) is 32.6 Å². The Morgan fingerprint density at radius 3 is 2.58 bits per heavy atom. The first-order chi connectivity index (χ1) is 12.2. The molecule has 0 unspecified atom stereocenters. The standard InChI is InChI=1S/C22H36N2O2/c1-17(2)15-24-12-13-26-20(16-24)14-23-21(25)11-8-18-6-9-19(10-7-18)22(3,4)5/h6-7,9-10,17,20H,8,11-16H2,1-5H3,(H,23,25)/t20-/m1/s1. The largest absolute Gasteiger partial charge is 0.374 e. The molecule has 1 aromatic carbocycles. The van der Waals surface area contributed by atoms with Crippen LogP contribution < -0.4 is 5.32 Å². The molecule has 0 bridgehead atoms. The van der Waals surface area contributed by atoms with Gasteiger partial charge in [-0.1, -0.05) is 58.9 Å². The summed E-state index contributed by atoms with van der Waals surface area (Å²) in [6.07, 6.45) is 1.41. The summed E-state index contributed by atoms with van der Waals surface area (Å²) in [4.78, 5) is 14.6. The highest BCUT2D eigenvalue weighted by molar-refractivity contribution is 5.76. The molecule has 1 heterocycles. The minimum Gasteiger partial charge on any atom is -0.374 e. The maximum atomic E-state index is 12.2. The van der Waals surface area contributed by atoms with Crippen molar-refractivity contribution in [2.45, 2.75) is 59.0 Å². The second kappa shape index (κ2) is 9.52. The zero-order valence-corrected chi connectivity index (χ0v) is 17.2. The van der Waals surface area contributed by atoms with Crippen LogP contribution in [0.3, 0.4) is 0 Å². The number of benzene rings is 1. The van der Waals surface area contributed by atoms with Crippen molar-refractivity contribution in [1.82, 2.24) is 10.2 Å². The fourth-order valence-electron chi connectivity index (χ4n) is 3.33. The highest BCUT2D eigenvalue weighted by Crippen LogP contribution is 2.22. The lowest BCUT2D eigenvalue weighted by molar-refractivity contribution is -0.122. The SMILES string of the molecule is CC(C)CN1CCO[C@H](CNC(=O)CCc2ccc(C(C)(C)C)cc2)C1. The lowest BCUT2D eigenvalue weighted by Gasteiger charge is -2.33. The third-order valence-electron chi connectivity index (χ3n) is 4.83. The van der Waals surface area contributed by atoms with Gasteiger partial charge in [0.05, 0.1) is 12.7 Å². The van der Waals surface area contributed by atoms with Crippen LogP contribution in [-0.4, -0.2) is 49.7 Å². The Morgan fingerprint density at radius 1 is 1.27 bits per heavy atom. The molecular formula is C22H36N2O2. The number of carbonyl (C=O) groups excluding carboxylic acids is 1. The van der Waals surface area contributed by atoms with Gasteiger partial charge in [0.25, 0.3) is 0 Å². The molecule has 4 heteroatoms. The molecule has 1 aliphatic rings. The average molecular weight is 361 g/mol. The van der Waals surface area contributed by atoms with Crippen molar-refractivity contribution in [3.8, 4) is 0 Å². The molecule has 1 saturated heterocycles. The lowest BCUT2D eigenvalue weighted by atomic mass is 9.86. The van der Waals surface area contributed by atoms with Crippen molar-refractivity contribution in [3.05, 3.63) is 35.4 Å². The molecule has 146 valence electrons. The second-order valence-corrected chi connectivity index (χ2v) is 8.90. The highest BCUT2D eigenvalue weighted by Gasteiger charge is 2.21. The quantitative estimate of drug-likeness (QED) is 0.810. The van der Waals surface area contributed by atoms with Crippen molar-refractivity contribution in [2.75, 3.05) is 32.8 Å². The monoisotopic (exact) mass is 360 g/mol. The number of rotatable bonds is 7. The van der Waals surface area contributed by atoms with E-state index < -0.39 is 0 Å². The molecule has 0 aliphatic carbocycles. The normalized spacial score (nSPS) is 18.9. The summed E-state index contributed by atoms with van der Waals surface area (Å²) in [5.74, 6) is 0.766. The van der Waals surface area contributed by atoms with E-state index in [0.29, 0.717) is 18.9 Å². The van der Waals surface area contributed by atoms with E-state index in [1.807, 2.05) is 0 Å². The third-order valence-corrected chi connectivity index (χ3v) is 4.83. The summed E-state index contributed by atoms with van der Waals surface area (Å²) >= 11 is 0. The van der Waals surface area contributed by atoms with Gasteiger partial charge in [0.2, 0.25) is 5.91 Å². The number of ether oxygens (including phenoxy) is 1. The Kier molecular flexibility index (Phi) is 7.66. The molecule has 0 saturated carbocycles. The Labute approximate surface area is 159 Å². The van der Waals surface area contributed by atoms with Crippen molar-refractivity contribution in [1.29, 1.82) is 0 Å². The predicted molar refractivity (Wildman–Crippen MR) is 107 cm³/mol. The van der Waals surface area contributed by atoms with Crippen molar-refractivity contribution in [3.63, 3.8) is 0 Å². The van der Waals surface area contributed by atoms with Gasteiger partial charge in [-0.25, -0.2) is 0 Å². The van der Waals surface area contributed by atoms with E-state index in [0.717, 1.165) is 32.7 Å². The van der Waals surface area contributed by atoms with Crippen LogP contribution in [0.4, 0.5) is 0 Å². The first-order valence-corrected chi connectivity index (χ1v) is 9.94. The predicted octanol–water partition coefficient (Wildman–Crippen LogP) is 3.39. The van der Waals surface area contributed by atoms with Crippen LogP contribution in [-0.2, 0) is 21.4 Å². The highest BCUT2D eigenvalue weighted by atomic mass is 16.5. The van der Waals surface area contributed by atoms with Crippen LogP contribution in [0.25, 0.3) is 0 Å². The zero-order valence-electron chi connectivity index (χ0n) is 17.2. The molecule has 1 aliphatic heterocycles. The lowest BCUT2D eigenvalue weighted by Crippen LogP contribution is -2.48. The first-order valence-electron chi connectivity index (χ1n) is 9.94. The van der Waals surface area contributed by atoms with Crippen LogP contribution in [0.15, 0.2) is 24.3 Å². The van der Waals surface area contributed by atoms with Crippen molar-refractivity contribution >= 4 is 5.91 Å². The maximum Gasteiger partial charge on any atom is 0.220 e. The van der Waals surface area contributed by atoms with Gasteiger partial charge in [0.15, 0.2) is 0 Å². The van der Waals surface area contributed by atoms with Gasteiger partial charge in [-0.15, -0.1) is 0 Å². The fraction of sp³-hybridized carbons (Fsp3) is 0.682. The molecule has 0 radical (unpaired) electrons. The smallest absolute Gasteiger partial charge is 0.220 e. The van der Waals surface area contributed by atoms with Crippen LogP contribution in [0.5, 0.6) is 0 Å². The number of hydrogen-bond donors (Lipinski definition) is 1. The van der Waals surface area contributed by atoms with Gasteiger partial charge < -0.3 is 10.1 Å². The van der Waals surface area contributed by atoms with Gasteiger partial charge in [-0.2, -0.15) is 0 Å². The summed E-state index contributed by atoms with van der Waals surface area (Å²) in [5, 5.41) is 3.04. The minimum absolute atomic E-state index is 0.106. The number of amides is 1. The Bertz CT molecular complexity index is 561. The Balaban J connectivity index is 1.70. The molecule has 1 amide bonds. The minimum atomic E-state index is 0.106. The number of nitrogens with zero attached hydrogens (tertiary/aromatic N) is 1. The van der Waals surface area contributed by atoms with E-state index in [1.165, 1.54) is 11.1 Å². The van der Waals surface area contributed by atoms with E-state index in [2.05, 4.69) is 69.1 Å². The van der Waals surface area contributed by atoms with Gasteiger partial charge >= 0.3 is 0 Å². The molecule has 0 aromatic heterocycles. The summed E-state index contributed by atoms with van der Waals surface area (Å²) in [6.45, 7) is 15.5. The number of morpholine rings is 1. The van der Waals surface area contributed by atoms with Crippen LogP contribution >= 0.6 is 0 Å². The van der Waals surface area contributed by atoms with Crippen molar-refractivity contribution < 1.29 is 9.53 Å².